The number of nitrogens with zero attached hydrogens (tertiary/aromatic N) is 4. The summed E-state index contributed by atoms with van der Waals surface area (Å²) in [5.74, 6) is 0.512. The van der Waals surface area contributed by atoms with Gasteiger partial charge in [-0.25, -0.2) is 10.4 Å². The Morgan fingerprint density at radius 1 is 1.14 bits per heavy atom. The van der Waals surface area contributed by atoms with E-state index in [4.69, 9.17) is 48.3 Å². The molecule has 0 saturated heterocycles. The number of hydrazine groups is 1. The van der Waals surface area contributed by atoms with Crippen molar-refractivity contribution in [3.05, 3.63) is 109 Å². The van der Waals surface area contributed by atoms with Crippen molar-refractivity contribution < 1.29 is 19.4 Å². The Kier molecular flexibility index (Phi) is 9.51. The highest BCUT2D eigenvalue weighted by atomic mass is 35.5. The molecule has 0 aromatic heterocycles. The molecule has 1 heterocycles. The molecule has 1 saturated carbocycles. The Balaban J connectivity index is 1.59. The summed E-state index contributed by atoms with van der Waals surface area (Å²) < 4.78 is 12.2. The van der Waals surface area contributed by atoms with E-state index < -0.39 is 11.6 Å². The van der Waals surface area contributed by atoms with Crippen molar-refractivity contribution in [2.45, 2.75) is 49.9 Å². The second kappa shape index (κ2) is 13.5. The zero-order chi connectivity index (χ0) is 29.5. The lowest BCUT2D eigenvalue weighted by molar-refractivity contribution is -0.130. The number of aliphatic hydroxyl groups is 1. The molecule has 1 aliphatic carbocycles. The minimum atomic E-state index is -1.49. The molecule has 3 aromatic rings. The van der Waals surface area contributed by atoms with Crippen LogP contribution in [0.3, 0.4) is 0 Å². The molecular weight excluding hydrogens is 579 g/mol. The molecule has 12 heteroatoms. The fourth-order valence-electron chi connectivity index (χ4n) is 4.76. The molecule has 10 nitrogen and oxygen atoms in total. The van der Waals surface area contributed by atoms with Gasteiger partial charge in [0.05, 0.1) is 13.2 Å². The molecule has 2 atom stereocenters. The van der Waals surface area contributed by atoms with Crippen LogP contribution in [0.1, 0.15) is 47.6 Å². The summed E-state index contributed by atoms with van der Waals surface area (Å²) in [6.07, 6.45) is 1.68. The van der Waals surface area contributed by atoms with Crippen molar-refractivity contribution in [1.82, 2.24) is 10.9 Å². The Morgan fingerprint density at radius 3 is 2.60 bits per heavy atom. The molecule has 2 aliphatic rings. The van der Waals surface area contributed by atoms with Crippen LogP contribution in [0.15, 0.2) is 76.8 Å². The van der Waals surface area contributed by atoms with E-state index in [0.717, 1.165) is 24.0 Å². The Morgan fingerprint density at radius 2 is 1.90 bits per heavy atom. The average molecular weight is 610 g/mol. The number of nitrogens with one attached hydrogen (secondary N) is 2. The predicted octanol–water partition coefficient (Wildman–Crippen LogP) is 5.85. The summed E-state index contributed by atoms with van der Waals surface area (Å²) in [6.45, 7) is 0.548. The van der Waals surface area contributed by atoms with Crippen LogP contribution >= 0.6 is 23.2 Å². The third-order valence-corrected chi connectivity index (χ3v) is 7.69. The number of amides is 1. The van der Waals surface area contributed by atoms with Gasteiger partial charge in [0.1, 0.15) is 5.75 Å². The van der Waals surface area contributed by atoms with Crippen LogP contribution in [0.25, 0.3) is 10.4 Å². The largest absolute Gasteiger partial charge is 0.494 e. The van der Waals surface area contributed by atoms with E-state index >= 15 is 0 Å². The summed E-state index contributed by atoms with van der Waals surface area (Å²) in [6, 6.07) is 19.9. The first-order valence-corrected chi connectivity index (χ1v) is 14.4. The minimum Gasteiger partial charge on any atom is -0.494 e. The van der Waals surface area contributed by atoms with Crippen LogP contribution in [-0.4, -0.2) is 41.7 Å². The van der Waals surface area contributed by atoms with Gasteiger partial charge in [0.15, 0.2) is 11.6 Å². The fraction of sp³-hybridized carbons (Fsp3) is 0.333. The zero-order valence-corrected chi connectivity index (χ0v) is 24.2. The van der Waals surface area contributed by atoms with Gasteiger partial charge in [0.2, 0.25) is 5.90 Å². The molecule has 0 spiro atoms. The number of hydrogen-bond donors (Lipinski definition) is 3. The summed E-state index contributed by atoms with van der Waals surface area (Å²) in [7, 11) is 0. The van der Waals surface area contributed by atoms with Gasteiger partial charge in [-0.3, -0.25) is 10.2 Å². The maximum Gasteiger partial charge on any atom is 0.266 e. The number of benzene rings is 3. The molecule has 1 aliphatic heterocycles. The normalized spacial score (nSPS) is 19.4. The summed E-state index contributed by atoms with van der Waals surface area (Å²) in [4.78, 5) is 22.1. The summed E-state index contributed by atoms with van der Waals surface area (Å²) in [5.41, 5.74) is 16.2. The van der Waals surface area contributed by atoms with Crippen LogP contribution in [0.5, 0.6) is 5.75 Å². The van der Waals surface area contributed by atoms with Crippen molar-refractivity contribution in [2.24, 2.45) is 10.1 Å². The summed E-state index contributed by atoms with van der Waals surface area (Å²) >= 11 is 12.9. The van der Waals surface area contributed by atoms with Crippen LogP contribution in [-0.2, 0) is 22.5 Å². The molecule has 218 valence electrons. The van der Waals surface area contributed by atoms with E-state index in [2.05, 4.69) is 20.9 Å². The summed E-state index contributed by atoms with van der Waals surface area (Å²) in [5, 5.41) is 13.6. The highest BCUT2D eigenvalue weighted by Crippen LogP contribution is 2.45. The zero-order valence-electron chi connectivity index (χ0n) is 22.7. The van der Waals surface area contributed by atoms with Crippen molar-refractivity contribution in [2.75, 3.05) is 13.2 Å². The van der Waals surface area contributed by atoms with Gasteiger partial charge in [-0.05, 0) is 65.9 Å². The molecule has 3 N–H and O–H groups in total. The van der Waals surface area contributed by atoms with Gasteiger partial charge >= 0.3 is 0 Å². The first-order chi connectivity index (χ1) is 20.4. The van der Waals surface area contributed by atoms with Gasteiger partial charge in [-0.15, -0.1) is 0 Å². The van der Waals surface area contributed by atoms with Gasteiger partial charge in [0.25, 0.3) is 5.91 Å². The first-order valence-electron chi connectivity index (χ1n) is 13.6. The van der Waals surface area contributed by atoms with Crippen molar-refractivity contribution in [3.63, 3.8) is 0 Å². The van der Waals surface area contributed by atoms with Crippen molar-refractivity contribution >= 4 is 35.0 Å². The third-order valence-electron chi connectivity index (χ3n) is 7.12. The second-order valence-electron chi connectivity index (χ2n) is 10.2. The number of carbonyl (C=O) groups excluding carboxylic acids is 1. The van der Waals surface area contributed by atoms with E-state index in [0.29, 0.717) is 39.9 Å². The standard InChI is InChI=1S/C30H30Cl2N6O4/c31-22-8-13-25(26(32)16-22)27-30(29(40)37-36-23-9-10-23,17-20-4-1-2-5-21(20)18-34-38-33)35-28(42-27)19-6-11-24(12-7-19)41-15-3-14-39/h1-2,4-8,11-13,16,23,27,36,39H,3,9-10,14-15,17-18H2,(H,37,40)/t27-,30-/m0/s1. The Hall–Kier alpha value is -3.79. The minimum absolute atomic E-state index is 0.0448. The van der Waals surface area contributed by atoms with Gasteiger partial charge < -0.3 is 14.6 Å². The number of ether oxygens (including phenoxy) is 2. The molecule has 1 amide bonds. The number of carbonyl (C=O) groups is 1. The van der Waals surface area contributed by atoms with Gasteiger partial charge in [-0.2, -0.15) is 0 Å². The van der Waals surface area contributed by atoms with E-state index in [1.807, 2.05) is 24.3 Å². The highest BCUT2D eigenvalue weighted by molar-refractivity contribution is 6.35. The van der Waals surface area contributed by atoms with Crippen LogP contribution in [0.2, 0.25) is 10.0 Å². The number of aliphatic imine (C=N–C) groups is 1. The second-order valence-corrected chi connectivity index (χ2v) is 11.0. The van der Waals surface area contributed by atoms with Crippen LogP contribution in [0, 0.1) is 0 Å². The van der Waals surface area contributed by atoms with E-state index in [-0.39, 0.29) is 37.4 Å². The number of aliphatic hydroxyl groups excluding tert-OH is 1. The fourth-order valence-corrected chi connectivity index (χ4v) is 5.27. The molecule has 1 fully saturated rings. The topological polar surface area (TPSA) is 141 Å². The SMILES string of the molecule is [N-]=[N+]=NCc1ccccc1C[C@]1(C(=O)NNC2CC2)N=C(c2ccc(OCCCO)cc2)O[C@H]1c1ccc(Cl)cc1Cl. The predicted molar refractivity (Wildman–Crippen MR) is 160 cm³/mol. The maximum absolute atomic E-state index is 14.2. The van der Waals surface area contributed by atoms with E-state index in [1.165, 1.54) is 0 Å². The molecule has 0 radical (unpaired) electrons. The lowest BCUT2D eigenvalue weighted by Gasteiger charge is -2.32. The molecule has 0 bridgehead atoms. The number of azide groups is 1. The average Bonchev–Trinajstić information content (AvgIpc) is 3.75. The number of hydrogen-bond acceptors (Lipinski definition) is 7. The molecular formula is C30H30Cl2N6O4. The maximum atomic E-state index is 14.2. The van der Waals surface area contributed by atoms with Crippen molar-refractivity contribution in [3.8, 4) is 5.75 Å². The lowest BCUT2D eigenvalue weighted by Crippen LogP contribution is -2.54. The first kappa shape index (κ1) is 29.7. The Bertz CT molecular complexity index is 1510. The van der Waals surface area contributed by atoms with Crippen molar-refractivity contribution in [1.29, 1.82) is 0 Å². The van der Waals surface area contributed by atoms with Crippen LogP contribution in [0.4, 0.5) is 0 Å². The lowest BCUT2D eigenvalue weighted by atomic mass is 9.81. The Labute approximate surface area is 253 Å². The quantitative estimate of drug-likeness (QED) is 0.0734. The number of rotatable bonds is 13. The van der Waals surface area contributed by atoms with E-state index in [1.54, 1.807) is 42.5 Å². The van der Waals surface area contributed by atoms with E-state index in [9.17, 15) is 4.79 Å². The molecule has 5 rings (SSSR count). The number of halogens is 2. The highest BCUT2D eigenvalue weighted by Gasteiger charge is 2.54. The smallest absolute Gasteiger partial charge is 0.266 e. The molecule has 3 aromatic carbocycles. The van der Waals surface area contributed by atoms with Crippen LogP contribution < -0.4 is 15.6 Å². The molecule has 42 heavy (non-hydrogen) atoms. The third kappa shape index (κ3) is 6.81. The van der Waals surface area contributed by atoms with Gasteiger partial charge in [-0.1, -0.05) is 58.6 Å². The monoisotopic (exact) mass is 608 g/mol. The molecule has 0 unspecified atom stereocenters. The van der Waals surface area contributed by atoms with Gasteiger partial charge in [0, 0.05) is 51.6 Å².